The van der Waals surface area contributed by atoms with E-state index in [1.807, 2.05) is 30.3 Å². The van der Waals surface area contributed by atoms with Crippen molar-refractivity contribution in [3.63, 3.8) is 0 Å². The minimum absolute atomic E-state index is 0.485. The summed E-state index contributed by atoms with van der Waals surface area (Å²) in [5.41, 5.74) is 4.89. The Kier molecular flexibility index (Phi) is 7.71. The summed E-state index contributed by atoms with van der Waals surface area (Å²) in [6.45, 7) is 1.76. The molecule has 1 unspecified atom stereocenters. The summed E-state index contributed by atoms with van der Waals surface area (Å²) in [5, 5.41) is 24.3. The van der Waals surface area contributed by atoms with Crippen LogP contribution in [0, 0.1) is 0 Å². The van der Waals surface area contributed by atoms with Crippen molar-refractivity contribution in [1.82, 2.24) is 25.1 Å². The van der Waals surface area contributed by atoms with Crippen molar-refractivity contribution in [2.75, 3.05) is 20.2 Å². The van der Waals surface area contributed by atoms with Crippen LogP contribution >= 0.6 is 0 Å². The molecule has 7 nitrogen and oxygen atoms in total. The first-order valence-corrected chi connectivity index (χ1v) is 13.9. The molecule has 7 heteroatoms. The van der Waals surface area contributed by atoms with E-state index in [1.54, 1.807) is 11.9 Å². The molecule has 0 spiro atoms. The number of tetrazole rings is 1. The second-order valence-corrected chi connectivity index (χ2v) is 10.3. The predicted octanol–water partition coefficient (Wildman–Crippen LogP) is 5.17. The SMILES string of the molecule is COc1ccc(Cn2nnc(/C=C3/CN(C(c4ccccc4)(c4ccccc4)c4ccccc4)CCC3O)n2)cc1. The summed E-state index contributed by atoms with van der Waals surface area (Å²) in [5.74, 6) is 1.29. The number of methoxy groups -OCH3 is 1. The number of ether oxygens (including phenoxy) is 1. The van der Waals surface area contributed by atoms with Gasteiger partial charge in [-0.25, -0.2) is 0 Å². The molecule has 4 aromatic carbocycles. The van der Waals surface area contributed by atoms with E-state index >= 15 is 0 Å². The minimum Gasteiger partial charge on any atom is -0.497 e. The first-order valence-electron chi connectivity index (χ1n) is 13.9. The number of hydrogen-bond acceptors (Lipinski definition) is 6. The van der Waals surface area contributed by atoms with Gasteiger partial charge in [0.1, 0.15) is 5.75 Å². The fourth-order valence-electron chi connectivity index (χ4n) is 5.82. The molecule has 5 aromatic rings. The Balaban J connectivity index is 1.36. The van der Waals surface area contributed by atoms with Gasteiger partial charge in [-0.05, 0) is 57.7 Å². The van der Waals surface area contributed by atoms with E-state index in [2.05, 4.69) is 111 Å². The Labute approximate surface area is 240 Å². The van der Waals surface area contributed by atoms with Crippen LogP contribution in [0.25, 0.3) is 6.08 Å². The van der Waals surface area contributed by atoms with Crippen LogP contribution in [-0.2, 0) is 12.1 Å². The Bertz CT molecular complexity index is 1490. The molecule has 6 rings (SSSR count). The molecule has 1 N–H and O–H groups in total. The van der Waals surface area contributed by atoms with Crippen molar-refractivity contribution in [3.05, 3.63) is 149 Å². The highest BCUT2D eigenvalue weighted by molar-refractivity contribution is 5.52. The van der Waals surface area contributed by atoms with Crippen LogP contribution in [0.3, 0.4) is 0 Å². The third-order valence-corrected chi connectivity index (χ3v) is 7.79. The Hall–Kier alpha value is -4.59. The van der Waals surface area contributed by atoms with E-state index in [1.165, 1.54) is 16.7 Å². The van der Waals surface area contributed by atoms with Gasteiger partial charge in [-0.15, -0.1) is 10.2 Å². The van der Waals surface area contributed by atoms with E-state index in [9.17, 15) is 5.11 Å². The maximum Gasteiger partial charge on any atom is 0.197 e. The standard InChI is InChI=1S/C34H33N5O2/c1-41-31-19-17-26(18-20-31)24-39-36-33(35-37-39)23-27-25-38(22-21-32(27)40)34(28-11-5-2-6-12-28,29-13-7-3-8-14-29)30-15-9-4-10-16-30/h2-20,23,32,40H,21-22,24-25H2,1H3/b27-23-. The van der Waals surface area contributed by atoms with Crippen LogP contribution in [0.1, 0.15) is 34.5 Å². The number of nitrogens with zero attached hydrogens (tertiary/aromatic N) is 5. The first kappa shape index (κ1) is 26.6. The number of aromatic nitrogens is 4. The third kappa shape index (κ3) is 5.42. The minimum atomic E-state index is -0.584. The fraction of sp³-hybridized carbons (Fsp3) is 0.206. The molecule has 1 aliphatic heterocycles. The van der Waals surface area contributed by atoms with Gasteiger partial charge in [-0.2, -0.15) is 4.80 Å². The number of benzene rings is 4. The zero-order valence-corrected chi connectivity index (χ0v) is 23.0. The van der Waals surface area contributed by atoms with E-state index < -0.39 is 11.6 Å². The van der Waals surface area contributed by atoms with Crippen LogP contribution in [-0.4, -0.2) is 56.5 Å². The van der Waals surface area contributed by atoms with Gasteiger partial charge >= 0.3 is 0 Å². The average molecular weight is 544 g/mol. The molecule has 0 aliphatic carbocycles. The highest BCUT2D eigenvalue weighted by Crippen LogP contribution is 2.44. The maximum absolute atomic E-state index is 11.1. The number of aliphatic hydroxyl groups is 1. The topological polar surface area (TPSA) is 76.3 Å². The number of aliphatic hydroxyl groups excluding tert-OH is 1. The number of piperidine rings is 1. The summed E-state index contributed by atoms with van der Waals surface area (Å²) in [6.07, 6.45) is 1.90. The second kappa shape index (κ2) is 11.9. The molecule has 1 aliphatic rings. The zero-order chi connectivity index (χ0) is 28.1. The van der Waals surface area contributed by atoms with Gasteiger partial charge in [0.25, 0.3) is 0 Å². The lowest BCUT2D eigenvalue weighted by Gasteiger charge is -2.48. The lowest BCUT2D eigenvalue weighted by atomic mass is 9.74. The molecule has 206 valence electrons. The van der Waals surface area contributed by atoms with Gasteiger partial charge in [-0.1, -0.05) is 103 Å². The monoisotopic (exact) mass is 543 g/mol. The Morgan fingerprint density at radius 2 is 1.39 bits per heavy atom. The molecule has 0 amide bonds. The molecule has 0 bridgehead atoms. The van der Waals surface area contributed by atoms with Crippen LogP contribution < -0.4 is 4.74 Å². The summed E-state index contributed by atoms with van der Waals surface area (Å²) in [7, 11) is 1.65. The van der Waals surface area contributed by atoms with Crippen molar-refractivity contribution in [2.24, 2.45) is 0 Å². The lowest BCUT2D eigenvalue weighted by molar-refractivity contribution is 0.0871. The van der Waals surface area contributed by atoms with E-state index in [-0.39, 0.29) is 0 Å². The van der Waals surface area contributed by atoms with Crippen molar-refractivity contribution < 1.29 is 9.84 Å². The highest BCUT2D eigenvalue weighted by Gasteiger charge is 2.44. The van der Waals surface area contributed by atoms with Gasteiger partial charge in [-0.3, -0.25) is 4.90 Å². The van der Waals surface area contributed by atoms with Crippen molar-refractivity contribution in [3.8, 4) is 5.75 Å². The highest BCUT2D eigenvalue weighted by atomic mass is 16.5. The molecule has 1 atom stereocenters. The molecule has 1 saturated heterocycles. The molecule has 1 fully saturated rings. The molecule has 0 radical (unpaired) electrons. The molecular weight excluding hydrogens is 510 g/mol. The molecule has 41 heavy (non-hydrogen) atoms. The molecule has 1 aromatic heterocycles. The average Bonchev–Trinajstić information content (AvgIpc) is 3.47. The van der Waals surface area contributed by atoms with Crippen LogP contribution in [0.15, 0.2) is 121 Å². The number of rotatable bonds is 8. The van der Waals surface area contributed by atoms with Crippen LogP contribution in [0.4, 0.5) is 0 Å². The first-order chi connectivity index (χ1) is 20.2. The van der Waals surface area contributed by atoms with E-state index in [4.69, 9.17) is 4.74 Å². The van der Waals surface area contributed by atoms with Gasteiger partial charge in [0, 0.05) is 13.1 Å². The maximum atomic E-state index is 11.1. The summed E-state index contributed by atoms with van der Waals surface area (Å²) >= 11 is 0. The van der Waals surface area contributed by atoms with Gasteiger partial charge < -0.3 is 9.84 Å². The van der Waals surface area contributed by atoms with Crippen molar-refractivity contribution >= 4 is 6.08 Å². The largest absolute Gasteiger partial charge is 0.497 e. The number of hydrogen-bond donors (Lipinski definition) is 1. The fourth-order valence-corrected chi connectivity index (χ4v) is 5.82. The Morgan fingerprint density at radius 3 is 1.93 bits per heavy atom. The van der Waals surface area contributed by atoms with Crippen molar-refractivity contribution in [1.29, 1.82) is 0 Å². The third-order valence-electron chi connectivity index (χ3n) is 7.79. The quantitative estimate of drug-likeness (QED) is 0.272. The Morgan fingerprint density at radius 1 is 0.829 bits per heavy atom. The molecular formula is C34H33N5O2. The zero-order valence-electron chi connectivity index (χ0n) is 23.0. The summed E-state index contributed by atoms with van der Waals surface area (Å²) in [6, 6.07) is 39.7. The van der Waals surface area contributed by atoms with Gasteiger partial charge in [0.2, 0.25) is 0 Å². The summed E-state index contributed by atoms with van der Waals surface area (Å²) < 4.78 is 5.25. The summed E-state index contributed by atoms with van der Waals surface area (Å²) in [4.78, 5) is 4.04. The van der Waals surface area contributed by atoms with Crippen LogP contribution in [0.2, 0.25) is 0 Å². The molecule has 0 saturated carbocycles. The van der Waals surface area contributed by atoms with E-state index in [0.717, 1.165) is 23.4 Å². The second-order valence-electron chi connectivity index (χ2n) is 10.3. The van der Waals surface area contributed by atoms with Gasteiger partial charge in [0.15, 0.2) is 5.82 Å². The number of likely N-dealkylation sites (tertiary alicyclic amines) is 1. The predicted molar refractivity (Wildman–Crippen MR) is 159 cm³/mol. The van der Waals surface area contributed by atoms with Crippen LogP contribution in [0.5, 0.6) is 5.75 Å². The normalized spacial score (nSPS) is 17.0. The van der Waals surface area contributed by atoms with E-state index in [0.29, 0.717) is 25.3 Å². The molecule has 2 heterocycles. The smallest absolute Gasteiger partial charge is 0.197 e. The lowest BCUT2D eigenvalue weighted by Crippen LogP contribution is -2.52. The van der Waals surface area contributed by atoms with Gasteiger partial charge in [0.05, 0.1) is 25.3 Å². The van der Waals surface area contributed by atoms with Crippen molar-refractivity contribution in [2.45, 2.75) is 24.6 Å².